The molecule has 106 valence electrons. The maximum absolute atomic E-state index is 12.4. The number of Topliss-reactive ketones (excluding diaryl/α,β-unsaturated/α-hetero) is 1. The van der Waals surface area contributed by atoms with E-state index >= 15 is 0 Å². The van der Waals surface area contributed by atoms with Crippen LogP contribution in [0.4, 0.5) is 5.69 Å². The van der Waals surface area contributed by atoms with Crippen LogP contribution >= 0.6 is 11.3 Å². The van der Waals surface area contributed by atoms with Gasteiger partial charge in [0.05, 0.1) is 29.4 Å². The van der Waals surface area contributed by atoms with Crippen molar-refractivity contribution in [3.05, 3.63) is 53.0 Å². The highest BCUT2D eigenvalue weighted by atomic mass is 32.1. The minimum Gasteiger partial charge on any atom is -0.495 e. The summed E-state index contributed by atoms with van der Waals surface area (Å²) >= 11 is 1.53. The summed E-state index contributed by atoms with van der Waals surface area (Å²) in [6, 6.07) is 13.1. The maximum Gasteiger partial charge on any atom is 0.171 e. The van der Waals surface area contributed by atoms with E-state index in [2.05, 4.69) is 4.98 Å². The van der Waals surface area contributed by atoms with E-state index in [1.54, 1.807) is 18.2 Å². The first-order chi connectivity index (χ1) is 10.2. The summed E-state index contributed by atoms with van der Waals surface area (Å²) in [4.78, 5) is 16.9. The largest absolute Gasteiger partial charge is 0.495 e. The number of ketones is 1. The van der Waals surface area contributed by atoms with Crippen molar-refractivity contribution in [2.24, 2.45) is 0 Å². The number of anilines is 1. The Labute approximate surface area is 126 Å². The van der Waals surface area contributed by atoms with Gasteiger partial charge in [-0.3, -0.25) is 4.79 Å². The molecule has 4 nitrogen and oxygen atoms in total. The first-order valence-corrected chi connectivity index (χ1v) is 7.31. The molecule has 0 unspecified atom stereocenters. The molecule has 0 saturated carbocycles. The zero-order valence-electron chi connectivity index (χ0n) is 11.5. The second-order valence-corrected chi connectivity index (χ2v) is 5.71. The number of carbonyl (C=O) groups is 1. The molecule has 2 N–H and O–H groups in total. The summed E-state index contributed by atoms with van der Waals surface area (Å²) in [5, 5.41) is 0.795. The van der Waals surface area contributed by atoms with Crippen LogP contribution in [0.3, 0.4) is 0 Å². The third kappa shape index (κ3) is 2.60. The molecule has 3 aromatic rings. The molecule has 0 atom stereocenters. The average molecular weight is 298 g/mol. The molecule has 1 heterocycles. The number of rotatable bonds is 4. The third-order valence-corrected chi connectivity index (χ3v) is 4.27. The molecule has 0 aliphatic carbocycles. The van der Waals surface area contributed by atoms with Crippen LogP contribution in [0.1, 0.15) is 15.4 Å². The summed E-state index contributed by atoms with van der Waals surface area (Å²) in [6.07, 6.45) is 0.247. The molecule has 0 bridgehead atoms. The lowest BCUT2D eigenvalue weighted by Gasteiger charge is -2.08. The summed E-state index contributed by atoms with van der Waals surface area (Å²) < 4.78 is 6.23. The van der Waals surface area contributed by atoms with Gasteiger partial charge in [-0.2, -0.15) is 0 Å². The number of carbonyl (C=O) groups excluding carboxylic acids is 1. The van der Waals surface area contributed by atoms with E-state index in [4.69, 9.17) is 10.5 Å². The van der Waals surface area contributed by atoms with Crippen LogP contribution in [0.25, 0.3) is 10.2 Å². The molecule has 2 aromatic carbocycles. The first-order valence-electron chi connectivity index (χ1n) is 6.49. The van der Waals surface area contributed by atoms with Crippen molar-refractivity contribution in [3.8, 4) is 5.75 Å². The first kappa shape index (κ1) is 13.6. The molecule has 0 spiro atoms. The van der Waals surface area contributed by atoms with E-state index in [1.807, 2.05) is 24.3 Å². The van der Waals surface area contributed by atoms with Crippen molar-refractivity contribution in [3.63, 3.8) is 0 Å². The van der Waals surface area contributed by atoms with Crippen LogP contribution in [0.2, 0.25) is 0 Å². The minimum atomic E-state index is -0.0505. The third-order valence-electron chi connectivity index (χ3n) is 3.24. The summed E-state index contributed by atoms with van der Waals surface area (Å²) in [7, 11) is 1.54. The minimum absolute atomic E-state index is 0.0505. The van der Waals surface area contributed by atoms with E-state index in [0.29, 0.717) is 17.0 Å². The van der Waals surface area contributed by atoms with Gasteiger partial charge >= 0.3 is 0 Å². The second kappa shape index (κ2) is 5.54. The van der Waals surface area contributed by atoms with Gasteiger partial charge in [0, 0.05) is 5.56 Å². The Hall–Kier alpha value is -2.40. The monoisotopic (exact) mass is 298 g/mol. The normalized spacial score (nSPS) is 10.7. The van der Waals surface area contributed by atoms with E-state index in [-0.39, 0.29) is 12.2 Å². The number of nitrogen functional groups attached to an aromatic ring is 1. The predicted octanol–water partition coefficient (Wildman–Crippen LogP) is 3.31. The highest BCUT2D eigenvalue weighted by molar-refractivity contribution is 7.18. The Kier molecular flexibility index (Phi) is 3.58. The molecular weight excluding hydrogens is 284 g/mol. The Balaban J connectivity index is 1.89. The molecule has 1 aromatic heterocycles. The molecule has 21 heavy (non-hydrogen) atoms. The standard InChI is InChI=1S/C16H14N2O2S/c1-20-13-7-4-5-10(16(13)17)12(19)9-15-18-11-6-2-3-8-14(11)21-15/h2-8H,9,17H2,1H3. The molecule has 0 saturated heterocycles. The van der Waals surface area contributed by atoms with Crippen LogP contribution in [0.5, 0.6) is 5.75 Å². The van der Waals surface area contributed by atoms with Gasteiger partial charge in [0.15, 0.2) is 5.78 Å². The molecule has 0 fully saturated rings. The molecule has 0 radical (unpaired) electrons. The van der Waals surface area contributed by atoms with E-state index in [0.717, 1.165) is 15.2 Å². The van der Waals surface area contributed by atoms with E-state index in [1.165, 1.54) is 18.4 Å². The number of nitrogens with zero attached hydrogens (tertiary/aromatic N) is 1. The molecule has 0 amide bonds. The van der Waals surface area contributed by atoms with Crippen molar-refractivity contribution < 1.29 is 9.53 Å². The van der Waals surface area contributed by atoms with Gasteiger partial charge in [-0.05, 0) is 24.3 Å². The average Bonchev–Trinajstić information content (AvgIpc) is 2.89. The van der Waals surface area contributed by atoms with E-state index < -0.39 is 0 Å². The quantitative estimate of drug-likeness (QED) is 0.593. The number of ether oxygens (including phenoxy) is 1. The van der Waals surface area contributed by atoms with Gasteiger partial charge in [0.2, 0.25) is 0 Å². The zero-order chi connectivity index (χ0) is 14.8. The van der Waals surface area contributed by atoms with Gasteiger partial charge in [-0.15, -0.1) is 11.3 Å². The number of hydrogen-bond donors (Lipinski definition) is 1. The fourth-order valence-corrected chi connectivity index (χ4v) is 3.16. The number of thiazole rings is 1. The zero-order valence-corrected chi connectivity index (χ0v) is 12.3. The molecule has 0 aliphatic heterocycles. The van der Waals surface area contributed by atoms with Crippen LogP contribution in [0.15, 0.2) is 42.5 Å². The van der Waals surface area contributed by atoms with Crippen molar-refractivity contribution in [1.29, 1.82) is 0 Å². The fraction of sp³-hybridized carbons (Fsp3) is 0.125. The maximum atomic E-state index is 12.4. The Morgan fingerprint density at radius 2 is 2.05 bits per heavy atom. The Morgan fingerprint density at radius 1 is 1.24 bits per heavy atom. The lowest BCUT2D eigenvalue weighted by molar-refractivity contribution is 0.0993. The highest BCUT2D eigenvalue weighted by Gasteiger charge is 2.15. The SMILES string of the molecule is COc1cccc(C(=O)Cc2nc3ccccc3s2)c1N. The van der Waals surface area contributed by atoms with Crippen molar-refractivity contribution in [2.45, 2.75) is 6.42 Å². The number of methoxy groups -OCH3 is 1. The molecule has 0 aliphatic rings. The van der Waals surface area contributed by atoms with Crippen LogP contribution in [0, 0.1) is 0 Å². The molecular formula is C16H14N2O2S. The van der Waals surface area contributed by atoms with Gasteiger partial charge in [-0.25, -0.2) is 4.98 Å². The van der Waals surface area contributed by atoms with Gasteiger partial charge < -0.3 is 10.5 Å². The van der Waals surface area contributed by atoms with Gasteiger partial charge in [0.25, 0.3) is 0 Å². The van der Waals surface area contributed by atoms with Crippen LogP contribution in [-0.2, 0) is 6.42 Å². The Morgan fingerprint density at radius 3 is 2.81 bits per heavy atom. The Bertz CT molecular complexity index is 778. The lowest BCUT2D eigenvalue weighted by Crippen LogP contribution is -2.07. The predicted molar refractivity (Wildman–Crippen MR) is 85.1 cm³/mol. The number of benzene rings is 2. The number of aromatic nitrogens is 1. The van der Waals surface area contributed by atoms with Crippen molar-refractivity contribution in [2.75, 3.05) is 12.8 Å². The van der Waals surface area contributed by atoms with Crippen LogP contribution in [-0.4, -0.2) is 17.9 Å². The fourth-order valence-electron chi connectivity index (χ4n) is 2.19. The number of nitrogens with two attached hydrogens (primary N) is 1. The van der Waals surface area contributed by atoms with Gasteiger partial charge in [-0.1, -0.05) is 18.2 Å². The highest BCUT2D eigenvalue weighted by Crippen LogP contribution is 2.27. The smallest absolute Gasteiger partial charge is 0.171 e. The van der Waals surface area contributed by atoms with E-state index in [9.17, 15) is 4.79 Å². The molecule has 3 rings (SSSR count). The number of para-hydroxylation sites is 2. The van der Waals surface area contributed by atoms with Crippen LogP contribution < -0.4 is 10.5 Å². The number of fused-ring (bicyclic) bond motifs is 1. The van der Waals surface area contributed by atoms with Gasteiger partial charge in [0.1, 0.15) is 10.8 Å². The summed E-state index contributed by atoms with van der Waals surface area (Å²) in [5.74, 6) is 0.468. The second-order valence-electron chi connectivity index (χ2n) is 4.60. The van der Waals surface area contributed by atoms with Crippen molar-refractivity contribution in [1.82, 2.24) is 4.98 Å². The van der Waals surface area contributed by atoms with Crippen molar-refractivity contribution >= 4 is 33.0 Å². The lowest BCUT2D eigenvalue weighted by atomic mass is 10.1. The number of hydrogen-bond acceptors (Lipinski definition) is 5. The summed E-state index contributed by atoms with van der Waals surface area (Å²) in [6.45, 7) is 0. The topological polar surface area (TPSA) is 65.2 Å². The summed E-state index contributed by atoms with van der Waals surface area (Å²) in [5.41, 5.74) is 7.74. The molecule has 5 heteroatoms.